The standard InChI is InChI=1S/C13H21NO5S/c1-17-6-3-7-18-8-9-19-13-5-4-11(10-12(13)14)20(2,15)16/h4-5,10H,3,6-9,14H2,1-2H3. The molecule has 114 valence electrons. The first-order chi connectivity index (χ1) is 9.45. The number of sulfone groups is 1. The molecular formula is C13H21NO5S. The van der Waals surface area contributed by atoms with Crippen LogP contribution in [0.1, 0.15) is 6.42 Å². The lowest BCUT2D eigenvalue weighted by Crippen LogP contribution is -2.09. The Balaban J connectivity index is 2.38. The number of hydrogen-bond donors (Lipinski definition) is 1. The highest BCUT2D eigenvalue weighted by Crippen LogP contribution is 2.24. The largest absolute Gasteiger partial charge is 0.489 e. The fourth-order valence-electron chi connectivity index (χ4n) is 1.51. The van der Waals surface area contributed by atoms with Gasteiger partial charge in [-0.05, 0) is 24.6 Å². The molecular weight excluding hydrogens is 282 g/mol. The Kier molecular flexibility index (Phi) is 6.77. The Hall–Kier alpha value is -1.31. The first-order valence-electron chi connectivity index (χ1n) is 6.24. The second kappa shape index (κ2) is 8.08. The Morgan fingerprint density at radius 2 is 1.90 bits per heavy atom. The van der Waals surface area contributed by atoms with E-state index < -0.39 is 9.84 Å². The van der Waals surface area contributed by atoms with Gasteiger partial charge in [0.15, 0.2) is 9.84 Å². The van der Waals surface area contributed by atoms with E-state index in [1.165, 1.54) is 12.1 Å². The van der Waals surface area contributed by atoms with Crippen LogP contribution in [0.5, 0.6) is 5.75 Å². The first kappa shape index (κ1) is 16.7. The van der Waals surface area contributed by atoms with Gasteiger partial charge in [0.25, 0.3) is 0 Å². The van der Waals surface area contributed by atoms with Gasteiger partial charge in [0.05, 0.1) is 17.2 Å². The molecule has 0 heterocycles. The van der Waals surface area contributed by atoms with Gasteiger partial charge < -0.3 is 19.9 Å². The molecule has 1 aromatic rings. The number of ether oxygens (including phenoxy) is 3. The summed E-state index contributed by atoms with van der Waals surface area (Å²) in [5.74, 6) is 0.456. The number of hydrogen-bond acceptors (Lipinski definition) is 6. The van der Waals surface area contributed by atoms with Crippen molar-refractivity contribution in [3.63, 3.8) is 0 Å². The van der Waals surface area contributed by atoms with E-state index in [9.17, 15) is 8.42 Å². The van der Waals surface area contributed by atoms with Crippen molar-refractivity contribution in [2.24, 2.45) is 0 Å². The van der Waals surface area contributed by atoms with Crippen LogP contribution in [0.4, 0.5) is 5.69 Å². The predicted octanol–water partition coefficient (Wildman–Crippen LogP) is 1.10. The summed E-state index contributed by atoms with van der Waals surface area (Å²) in [6, 6.07) is 4.42. The predicted molar refractivity (Wildman–Crippen MR) is 76.8 cm³/mol. The fraction of sp³-hybridized carbons (Fsp3) is 0.538. The molecule has 0 aliphatic rings. The molecule has 7 heteroatoms. The van der Waals surface area contributed by atoms with Crippen molar-refractivity contribution in [1.82, 2.24) is 0 Å². The molecule has 0 radical (unpaired) electrons. The van der Waals surface area contributed by atoms with Crippen molar-refractivity contribution in [2.75, 3.05) is 45.5 Å². The molecule has 0 unspecified atom stereocenters. The summed E-state index contributed by atoms with van der Waals surface area (Å²) in [5.41, 5.74) is 6.05. The molecule has 0 saturated carbocycles. The van der Waals surface area contributed by atoms with Gasteiger partial charge in [0.2, 0.25) is 0 Å². The molecule has 20 heavy (non-hydrogen) atoms. The quantitative estimate of drug-likeness (QED) is 0.543. The Bertz CT molecular complexity index is 515. The average molecular weight is 303 g/mol. The normalized spacial score (nSPS) is 11.5. The third-order valence-electron chi connectivity index (χ3n) is 2.53. The second-order valence-electron chi connectivity index (χ2n) is 4.28. The van der Waals surface area contributed by atoms with Crippen molar-refractivity contribution in [3.8, 4) is 5.75 Å². The summed E-state index contributed by atoms with van der Waals surface area (Å²) in [5, 5.41) is 0. The number of nitrogen functional groups attached to an aromatic ring is 1. The summed E-state index contributed by atoms with van der Waals surface area (Å²) >= 11 is 0. The molecule has 2 N–H and O–H groups in total. The molecule has 0 amide bonds. The number of benzene rings is 1. The van der Waals surface area contributed by atoms with Gasteiger partial charge in [-0.2, -0.15) is 0 Å². The van der Waals surface area contributed by atoms with Gasteiger partial charge in [0.1, 0.15) is 12.4 Å². The summed E-state index contributed by atoms with van der Waals surface area (Å²) in [4.78, 5) is 0.179. The fourth-order valence-corrected chi connectivity index (χ4v) is 2.16. The third kappa shape index (κ3) is 5.77. The number of nitrogens with two attached hydrogens (primary N) is 1. The maximum atomic E-state index is 11.4. The van der Waals surface area contributed by atoms with Crippen molar-refractivity contribution >= 4 is 15.5 Å². The lowest BCUT2D eigenvalue weighted by Gasteiger charge is -2.10. The lowest BCUT2D eigenvalue weighted by molar-refractivity contribution is 0.0808. The zero-order valence-corrected chi connectivity index (χ0v) is 12.6. The van der Waals surface area contributed by atoms with Crippen molar-refractivity contribution in [2.45, 2.75) is 11.3 Å². The Labute approximate surface area is 119 Å². The van der Waals surface area contributed by atoms with Gasteiger partial charge in [-0.3, -0.25) is 0 Å². The van der Waals surface area contributed by atoms with Crippen LogP contribution in [0.15, 0.2) is 23.1 Å². The highest BCUT2D eigenvalue weighted by atomic mass is 32.2. The van der Waals surface area contributed by atoms with Crippen LogP contribution in [-0.2, 0) is 19.3 Å². The van der Waals surface area contributed by atoms with Gasteiger partial charge in [0, 0.05) is 26.6 Å². The maximum absolute atomic E-state index is 11.4. The summed E-state index contributed by atoms with van der Waals surface area (Å²) in [7, 11) is -1.61. The first-order valence-corrected chi connectivity index (χ1v) is 8.13. The Morgan fingerprint density at radius 1 is 1.15 bits per heavy atom. The topological polar surface area (TPSA) is 87.9 Å². The van der Waals surface area contributed by atoms with Gasteiger partial charge >= 0.3 is 0 Å². The van der Waals surface area contributed by atoms with E-state index in [-0.39, 0.29) is 4.90 Å². The van der Waals surface area contributed by atoms with E-state index in [1.807, 2.05) is 0 Å². The maximum Gasteiger partial charge on any atom is 0.175 e. The highest BCUT2D eigenvalue weighted by Gasteiger charge is 2.09. The van der Waals surface area contributed by atoms with E-state index in [1.54, 1.807) is 13.2 Å². The lowest BCUT2D eigenvalue weighted by atomic mass is 10.3. The van der Waals surface area contributed by atoms with Crippen LogP contribution in [0.2, 0.25) is 0 Å². The average Bonchev–Trinajstić information content (AvgIpc) is 2.38. The summed E-state index contributed by atoms with van der Waals surface area (Å²) < 4.78 is 38.4. The van der Waals surface area contributed by atoms with Crippen LogP contribution in [0.25, 0.3) is 0 Å². The van der Waals surface area contributed by atoms with Crippen LogP contribution < -0.4 is 10.5 Å². The van der Waals surface area contributed by atoms with Crippen LogP contribution in [0.3, 0.4) is 0 Å². The van der Waals surface area contributed by atoms with Gasteiger partial charge in [-0.15, -0.1) is 0 Å². The molecule has 1 aromatic carbocycles. The Morgan fingerprint density at radius 3 is 2.50 bits per heavy atom. The van der Waals surface area contributed by atoms with Crippen molar-refractivity contribution in [3.05, 3.63) is 18.2 Å². The smallest absolute Gasteiger partial charge is 0.175 e. The number of anilines is 1. The molecule has 0 spiro atoms. The summed E-state index contributed by atoms with van der Waals surface area (Å²) in [6.07, 6.45) is 1.97. The van der Waals surface area contributed by atoms with E-state index in [4.69, 9.17) is 19.9 Å². The minimum atomic E-state index is -3.25. The van der Waals surface area contributed by atoms with Crippen LogP contribution in [0, 0.1) is 0 Å². The minimum absolute atomic E-state index is 0.179. The van der Waals surface area contributed by atoms with Crippen molar-refractivity contribution < 1.29 is 22.6 Å². The molecule has 0 saturated heterocycles. The van der Waals surface area contributed by atoms with Crippen molar-refractivity contribution in [1.29, 1.82) is 0 Å². The van der Waals surface area contributed by atoms with Crippen LogP contribution >= 0.6 is 0 Å². The SMILES string of the molecule is COCCCOCCOc1ccc(S(C)(=O)=O)cc1N. The van der Waals surface area contributed by atoms with E-state index in [0.717, 1.165) is 12.7 Å². The molecule has 0 aromatic heterocycles. The molecule has 1 rings (SSSR count). The third-order valence-corrected chi connectivity index (χ3v) is 3.64. The van der Waals surface area contributed by atoms with Gasteiger partial charge in [-0.1, -0.05) is 0 Å². The molecule has 0 bridgehead atoms. The van der Waals surface area contributed by atoms with E-state index >= 15 is 0 Å². The van der Waals surface area contributed by atoms with Gasteiger partial charge in [-0.25, -0.2) is 8.42 Å². The number of rotatable bonds is 9. The monoisotopic (exact) mass is 303 g/mol. The number of methoxy groups -OCH3 is 1. The second-order valence-corrected chi connectivity index (χ2v) is 6.29. The highest BCUT2D eigenvalue weighted by molar-refractivity contribution is 7.90. The summed E-state index contributed by atoms with van der Waals surface area (Å²) in [6.45, 7) is 2.08. The van der Waals surface area contributed by atoms with E-state index in [2.05, 4.69) is 0 Å². The molecule has 0 fully saturated rings. The molecule has 6 nitrogen and oxygen atoms in total. The minimum Gasteiger partial charge on any atom is -0.489 e. The van der Waals surface area contributed by atoms with Crippen LogP contribution in [-0.4, -0.2) is 48.2 Å². The molecule has 0 atom stereocenters. The molecule has 0 aliphatic carbocycles. The zero-order chi connectivity index (χ0) is 15.0. The zero-order valence-electron chi connectivity index (χ0n) is 11.8. The molecule has 0 aliphatic heterocycles. The van der Waals surface area contributed by atoms with E-state index in [0.29, 0.717) is 37.9 Å².